The lowest BCUT2D eigenvalue weighted by Gasteiger charge is -2.41. The van der Waals surface area contributed by atoms with E-state index in [9.17, 15) is 9.59 Å². The molecule has 0 aromatic heterocycles. The zero-order chi connectivity index (χ0) is 22.2. The van der Waals surface area contributed by atoms with Crippen LogP contribution < -0.4 is 10.1 Å². The van der Waals surface area contributed by atoms with Crippen molar-refractivity contribution in [3.8, 4) is 5.75 Å². The van der Waals surface area contributed by atoms with Crippen LogP contribution in [-0.4, -0.2) is 25.0 Å². The number of ether oxygens (including phenoxy) is 2. The second kappa shape index (κ2) is 8.52. The number of nitrogens with one attached hydrogen (secondary N) is 1. The van der Waals surface area contributed by atoms with Gasteiger partial charge in [-0.1, -0.05) is 38.5 Å². The predicted octanol–water partition coefficient (Wildman–Crippen LogP) is 5.03. The van der Waals surface area contributed by atoms with Crippen LogP contribution in [0.3, 0.4) is 0 Å². The van der Waals surface area contributed by atoms with Crippen molar-refractivity contribution in [2.24, 2.45) is 11.3 Å². The van der Waals surface area contributed by atoms with Gasteiger partial charge in [0.15, 0.2) is 0 Å². The summed E-state index contributed by atoms with van der Waals surface area (Å²) in [6.07, 6.45) is 7.78. The number of carbonyl (C=O) groups is 2. The van der Waals surface area contributed by atoms with Gasteiger partial charge in [-0.3, -0.25) is 4.79 Å². The van der Waals surface area contributed by atoms with E-state index in [2.05, 4.69) is 25.2 Å². The molecule has 1 heterocycles. The van der Waals surface area contributed by atoms with Gasteiger partial charge < -0.3 is 14.8 Å². The van der Waals surface area contributed by atoms with Crippen LogP contribution in [0.1, 0.15) is 70.8 Å². The van der Waals surface area contributed by atoms with Crippen LogP contribution in [-0.2, 0) is 14.3 Å². The maximum absolute atomic E-state index is 13.4. The summed E-state index contributed by atoms with van der Waals surface area (Å²) in [4.78, 5) is 26.8. The van der Waals surface area contributed by atoms with Gasteiger partial charge in [0, 0.05) is 23.7 Å². The normalized spacial score (nSPS) is 25.9. The molecule has 0 amide bonds. The average molecular weight is 424 g/mol. The first kappa shape index (κ1) is 21.7. The summed E-state index contributed by atoms with van der Waals surface area (Å²) in [6.45, 7) is 6.05. The summed E-state index contributed by atoms with van der Waals surface area (Å²) >= 11 is 0. The van der Waals surface area contributed by atoms with Gasteiger partial charge in [-0.15, -0.1) is 0 Å². The molecule has 2 unspecified atom stereocenters. The number of hydrogen-bond acceptors (Lipinski definition) is 5. The number of hydrogen-bond donors (Lipinski definition) is 1. The van der Waals surface area contributed by atoms with E-state index in [4.69, 9.17) is 9.47 Å². The predicted molar refractivity (Wildman–Crippen MR) is 120 cm³/mol. The minimum atomic E-state index is -0.419. The van der Waals surface area contributed by atoms with Crippen LogP contribution in [0.5, 0.6) is 5.75 Å². The highest BCUT2D eigenvalue weighted by Gasteiger charge is 2.46. The molecule has 1 fully saturated rings. The molecule has 5 heteroatoms. The van der Waals surface area contributed by atoms with Gasteiger partial charge in [-0.2, -0.15) is 0 Å². The number of esters is 1. The van der Waals surface area contributed by atoms with Crippen molar-refractivity contribution in [1.82, 2.24) is 5.32 Å². The zero-order valence-electron chi connectivity index (χ0n) is 19.0. The summed E-state index contributed by atoms with van der Waals surface area (Å²) in [7, 11) is 1.63. The lowest BCUT2D eigenvalue weighted by atomic mass is 9.66. The van der Waals surface area contributed by atoms with Crippen LogP contribution in [0.2, 0.25) is 0 Å². The molecular weight excluding hydrogens is 390 g/mol. The standard InChI is InChI=1S/C26H33NO4/c1-16-22(25(29)31-18-10-6-5-7-11-18)23(17-9-8-12-19(13-17)30-4)24-20(27-16)14-26(2,3)15-21(24)28/h8-9,12-14,18,23-24,27H,5-7,10-11,15H2,1-4H3. The minimum Gasteiger partial charge on any atom is -0.497 e. The Morgan fingerprint density at radius 1 is 1.13 bits per heavy atom. The summed E-state index contributed by atoms with van der Waals surface area (Å²) in [5, 5.41) is 3.39. The van der Waals surface area contributed by atoms with Gasteiger partial charge in [0.2, 0.25) is 0 Å². The molecule has 5 nitrogen and oxygen atoms in total. The molecule has 166 valence electrons. The van der Waals surface area contributed by atoms with Crippen molar-refractivity contribution in [2.45, 2.75) is 71.3 Å². The number of ketones is 1. The van der Waals surface area contributed by atoms with Crippen LogP contribution >= 0.6 is 0 Å². The smallest absolute Gasteiger partial charge is 0.336 e. The van der Waals surface area contributed by atoms with Crippen LogP contribution in [0.4, 0.5) is 0 Å². The molecule has 1 N–H and O–H groups in total. The lowest BCUT2D eigenvalue weighted by Crippen LogP contribution is -2.44. The number of benzene rings is 1. The van der Waals surface area contributed by atoms with Gasteiger partial charge in [-0.05, 0) is 55.7 Å². The Morgan fingerprint density at radius 2 is 1.87 bits per heavy atom. The third-order valence-electron chi connectivity index (χ3n) is 6.74. The Kier molecular flexibility index (Phi) is 5.96. The van der Waals surface area contributed by atoms with E-state index in [1.807, 2.05) is 31.2 Å². The Balaban J connectivity index is 1.78. The van der Waals surface area contributed by atoms with Crippen LogP contribution in [0.25, 0.3) is 0 Å². The third-order valence-corrected chi connectivity index (χ3v) is 6.74. The molecule has 0 radical (unpaired) electrons. The molecule has 1 saturated carbocycles. The second-order valence-electron chi connectivity index (χ2n) is 9.79. The average Bonchev–Trinajstić information content (AvgIpc) is 2.72. The molecule has 1 aromatic rings. The topological polar surface area (TPSA) is 64.6 Å². The van der Waals surface area contributed by atoms with Crippen molar-refractivity contribution in [2.75, 3.05) is 7.11 Å². The maximum Gasteiger partial charge on any atom is 0.336 e. The van der Waals surface area contributed by atoms with Crippen molar-refractivity contribution in [3.05, 3.63) is 52.9 Å². The molecule has 2 aliphatic carbocycles. The highest BCUT2D eigenvalue weighted by Crippen LogP contribution is 2.47. The summed E-state index contributed by atoms with van der Waals surface area (Å²) in [6, 6.07) is 7.70. The van der Waals surface area contributed by atoms with E-state index in [0.29, 0.717) is 17.7 Å². The van der Waals surface area contributed by atoms with E-state index < -0.39 is 5.92 Å². The van der Waals surface area contributed by atoms with Crippen molar-refractivity contribution >= 4 is 11.8 Å². The number of rotatable bonds is 4. The molecule has 0 spiro atoms. The Morgan fingerprint density at radius 3 is 2.58 bits per heavy atom. The van der Waals surface area contributed by atoms with E-state index in [0.717, 1.165) is 42.6 Å². The van der Waals surface area contributed by atoms with E-state index in [1.165, 1.54) is 6.42 Å². The molecule has 1 aromatic carbocycles. The SMILES string of the molecule is COc1cccc(C2C(C(=O)OC3CCCCC3)=C(C)NC3=CC(C)(C)CC(=O)C32)c1. The molecule has 1 aliphatic heterocycles. The lowest BCUT2D eigenvalue weighted by molar-refractivity contribution is -0.146. The van der Waals surface area contributed by atoms with E-state index in [1.54, 1.807) is 7.11 Å². The van der Waals surface area contributed by atoms with Crippen molar-refractivity contribution in [1.29, 1.82) is 0 Å². The quantitative estimate of drug-likeness (QED) is 0.688. The van der Waals surface area contributed by atoms with Gasteiger partial charge >= 0.3 is 5.97 Å². The molecule has 3 aliphatic rings. The molecular formula is C26H33NO4. The molecule has 2 atom stereocenters. The molecule has 0 saturated heterocycles. The number of carbonyl (C=O) groups excluding carboxylic acids is 2. The highest BCUT2D eigenvalue weighted by atomic mass is 16.5. The summed E-state index contributed by atoms with van der Waals surface area (Å²) in [5.41, 5.74) is 2.91. The number of Topliss-reactive ketones (excluding diaryl/α,β-unsaturated/α-hetero) is 1. The van der Waals surface area contributed by atoms with Gasteiger partial charge in [0.25, 0.3) is 0 Å². The van der Waals surface area contributed by atoms with Crippen LogP contribution in [0, 0.1) is 11.3 Å². The highest BCUT2D eigenvalue weighted by molar-refractivity contribution is 5.96. The zero-order valence-corrected chi connectivity index (χ0v) is 19.0. The van der Waals surface area contributed by atoms with E-state index >= 15 is 0 Å². The molecule has 4 rings (SSSR count). The molecule has 0 bridgehead atoms. The summed E-state index contributed by atoms with van der Waals surface area (Å²) in [5.74, 6) is -0.248. The Labute approximate surface area is 184 Å². The fourth-order valence-corrected chi connectivity index (χ4v) is 5.33. The third kappa shape index (κ3) is 4.41. The first-order chi connectivity index (χ1) is 14.8. The first-order valence-electron chi connectivity index (χ1n) is 11.4. The Hall–Kier alpha value is -2.56. The van der Waals surface area contributed by atoms with E-state index in [-0.39, 0.29) is 29.2 Å². The number of fused-ring (bicyclic) bond motifs is 1. The fourth-order valence-electron chi connectivity index (χ4n) is 5.33. The number of methoxy groups -OCH3 is 1. The summed E-state index contributed by atoms with van der Waals surface area (Å²) < 4.78 is 11.4. The Bertz CT molecular complexity index is 936. The number of allylic oxidation sites excluding steroid dienone is 3. The second-order valence-corrected chi connectivity index (χ2v) is 9.79. The largest absolute Gasteiger partial charge is 0.497 e. The van der Waals surface area contributed by atoms with Crippen molar-refractivity contribution in [3.63, 3.8) is 0 Å². The van der Waals surface area contributed by atoms with Gasteiger partial charge in [0.05, 0.1) is 18.6 Å². The minimum absolute atomic E-state index is 0.0366. The molecule has 31 heavy (non-hydrogen) atoms. The maximum atomic E-state index is 13.4. The fraction of sp³-hybridized carbons (Fsp3) is 0.538. The van der Waals surface area contributed by atoms with Crippen molar-refractivity contribution < 1.29 is 19.1 Å². The first-order valence-corrected chi connectivity index (χ1v) is 11.4. The van der Waals surface area contributed by atoms with Gasteiger partial charge in [-0.25, -0.2) is 4.79 Å². The monoisotopic (exact) mass is 423 g/mol. The van der Waals surface area contributed by atoms with Crippen LogP contribution in [0.15, 0.2) is 47.3 Å². The van der Waals surface area contributed by atoms with Gasteiger partial charge in [0.1, 0.15) is 17.6 Å².